The molecule has 34 heavy (non-hydrogen) atoms. The summed E-state index contributed by atoms with van der Waals surface area (Å²) >= 11 is 0. The first-order valence-corrected chi connectivity index (χ1v) is 12.6. The number of furan rings is 1. The first kappa shape index (κ1) is 22.5. The van der Waals surface area contributed by atoms with Crippen molar-refractivity contribution in [1.82, 2.24) is 0 Å². The van der Waals surface area contributed by atoms with Crippen LogP contribution >= 0.6 is 0 Å². The molecule has 0 radical (unpaired) electrons. The van der Waals surface area contributed by atoms with E-state index in [0.29, 0.717) is 6.42 Å². The van der Waals surface area contributed by atoms with Crippen LogP contribution in [0.5, 0.6) is 0 Å². The number of aliphatic hydroxyl groups excluding tert-OH is 1. The molecule has 1 saturated heterocycles. The van der Waals surface area contributed by atoms with E-state index in [1.165, 1.54) is 6.92 Å². The fraction of sp³-hybridized carbons (Fsp3) is 0.714. The summed E-state index contributed by atoms with van der Waals surface area (Å²) in [5.41, 5.74) is -1.24. The molecule has 6 heteroatoms. The molecule has 2 unspecified atom stereocenters. The van der Waals surface area contributed by atoms with Gasteiger partial charge in [-0.05, 0) is 54.2 Å². The van der Waals surface area contributed by atoms with Crippen molar-refractivity contribution in [2.24, 2.45) is 33.5 Å². The Morgan fingerprint density at radius 2 is 1.91 bits per heavy atom. The molecule has 2 heterocycles. The third-order valence-electron chi connectivity index (χ3n) is 11.3. The maximum atomic E-state index is 12.9. The number of ketones is 1. The molecule has 6 rings (SSSR count). The lowest BCUT2D eigenvalue weighted by molar-refractivity contribution is -0.233. The number of ether oxygens (including phenoxy) is 2. The fourth-order valence-electron chi connectivity index (χ4n) is 9.82. The van der Waals surface area contributed by atoms with E-state index in [-0.39, 0.29) is 46.4 Å². The van der Waals surface area contributed by atoms with Gasteiger partial charge < -0.3 is 19.0 Å². The molecule has 0 aromatic carbocycles. The van der Waals surface area contributed by atoms with E-state index in [1.807, 2.05) is 19.9 Å². The number of carbonyl (C=O) groups is 2. The zero-order valence-corrected chi connectivity index (χ0v) is 21.0. The summed E-state index contributed by atoms with van der Waals surface area (Å²) in [6.45, 7) is 12.3. The predicted molar refractivity (Wildman–Crippen MR) is 124 cm³/mol. The summed E-state index contributed by atoms with van der Waals surface area (Å²) in [5, 5.41) is 11.5. The molecule has 6 nitrogen and oxygen atoms in total. The zero-order valence-electron chi connectivity index (χ0n) is 21.0. The van der Waals surface area contributed by atoms with Gasteiger partial charge in [0.1, 0.15) is 17.8 Å². The third-order valence-corrected chi connectivity index (χ3v) is 11.3. The van der Waals surface area contributed by atoms with Crippen LogP contribution in [0.2, 0.25) is 0 Å². The van der Waals surface area contributed by atoms with Gasteiger partial charge in [0.05, 0.1) is 18.6 Å². The number of aliphatic hydroxyl groups is 1. The van der Waals surface area contributed by atoms with Gasteiger partial charge in [0.15, 0.2) is 5.78 Å². The zero-order chi connectivity index (χ0) is 24.5. The summed E-state index contributed by atoms with van der Waals surface area (Å²) in [6.07, 6.45) is 8.35. The van der Waals surface area contributed by atoms with Crippen molar-refractivity contribution in [2.75, 3.05) is 0 Å². The van der Waals surface area contributed by atoms with E-state index < -0.39 is 28.6 Å². The van der Waals surface area contributed by atoms with Crippen LogP contribution in [0.1, 0.15) is 72.3 Å². The maximum absolute atomic E-state index is 12.9. The van der Waals surface area contributed by atoms with Gasteiger partial charge in [-0.3, -0.25) is 9.59 Å². The first-order chi connectivity index (χ1) is 15.9. The summed E-state index contributed by atoms with van der Waals surface area (Å²) < 4.78 is 18.2. The Morgan fingerprint density at radius 1 is 1.18 bits per heavy atom. The van der Waals surface area contributed by atoms with Crippen LogP contribution in [-0.2, 0) is 19.1 Å². The average molecular weight is 469 g/mol. The van der Waals surface area contributed by atoms with Crippen molar-refractivity contribution >= 4 is 11.8 Å². The van der Waals surface area contributed by atoms with Gasteiger partial charge in [0.2, 0.25) is 0 Å². The molecule has 0 amide bonds. The maximum Gasteiger partial charge on any atom is 0.302 e. The minimum Gasteiger partial charge on any atom is -0.472 e. The van der Waals surface area contributed by atoms with Gasteiger partial charge >= 0.3 is 5.97 Å². The number of hydrogen-bond acceptors (Lipinski definition) is 6. The summed E-state index contributed by atoms with van der Waals surface area (Å²) in [5.74, 6) is -0.0918. The van der Waals surface area contributed by atoms with Gasteiger partial charge in [-0.25, -0.2) is 0 Å². The number of carbonyl (C=O) groups excluding carboxylic acids is 2. The fourth-order valence-corrected chi connectivity index (χ4v) is 9.82. The van der Waals surface area contributed by atoms with E-state index in [4.69, 9.17) is 13.9 Å². The number of fused-ring (bicyclic) bond motifs is 3. The lowest BCUT2D eigenvalue weighted by atomic mass is 9.36. The molecule has 184 valence electrons. The lowest BCUT2D eigenvalue weighted by Gasteiger charge is -2.67. The Morgan fingerprint density at radius 3 is 2.56 bits per heavy atom. The van der Waals surface area contributed by atoms with Crippen molar-refractivity contribution in [3.8, 4) is 0 Å². The van der Waals surface area contributed by atoms with Crippen molar-refractivity contribution in [2.45, 2.75) is 90.6 Å². The molecule has 0 bridgehead atoms. The Kier molecular flexibility index (Phi) is 4.27. The van der Waals surface area contributed by atoms with Gasteiger partial charge in [0, 0.05) is 29.1 Å². The molecule has 10 atom stereocenters. The van der Waals surface area contributed by atoms with Gasteiger partial charge in [-0.15, -0.1) is 0 Å². The normalized spacial score (nSPS) is 52.3. The summed E-state index contributed by atoms with van der Waals surface area (Å²) in [7, 11) is 0. The Balaban J connectivity index is 1.54. The van der Waals surface area contributed by atoms with E-state index in [2.05, 4.69) is 26.8 Å². The molecule has 5 aliphatic rings. The minimum absolute atomic E-state index is 0.0499. The Bertz CT molecular complexity index is 1090. The second-order valence-electron chi connectivity index (χ2n) is 12.8. The van der Waals surface area contributed by atoms with Gasteiger partial charge in [-0.2, -0.15) is 0 Å². The number of epoxide rings is 1. The van der Waals surface area contributed by atoms with Crippen LogP contribution in [0.15, 0.2) is 35.2 Å². The quantitative estimate of drug-likeness (QED) is 0.511. The van der Waals surface area contributed by atoms with Crippen LogP contribution in [0.25, 0.3) is 0 Å². The smallest absolute Gasteiger partial charge is 0.302 e. The van der Waals surface area contributed by atoms with Crippen LogP contribution in [0.3, 0.4) is 0 Å². The second-order valence-corrected chi connectivity index (χ2v) is 12.8. The Labute approximate surface area is 201 Å². The number of allylic oxidation sites excluding steroid dienone is 2. The van der Waals surface area contributed by atoms with E-state index in [9.17, 15) is 14.7 Å². The van der Waals surface area contributed by atoms with Gasteiger partial charge in [-0.1, -0.05) is 40.7 Å². The summed E-state index contributed by atoms with van der Waals surface area (Å²) in [6, 6.07) is 1.95. The molecule has 4 fully saturated rings. The van der Waals surface area contributed by atoms with Crippen molar-refractivity contribution < 1.29 is 28.6 Å². The molecular formula is C28H36O6. The molecule has 1 N–H and O–H groups in total. The first-order valence-electron chi connectivity index (χ1n) is 12.6. The van der Waals surface area contributed by atoms with Gasteiger partial charge in [0.25, 0.3) is 0 Å². The highest BCUT2D eigenvalue weighted by Crippen LogP contribution is 2.82. The summed E-state index contributed by atoms with van der Waals surface area (Å²) in [4.78, 5) is 25.3. The van der Waals surface area contributed by atoms with E-state index >= 15 is 0 Å². The van der Waals surface area contributed by atoms with Crippen molar-refractivity contribution in [3.05, 3.63) is 36.3 Å². The lowest BCUT2D eigenvalue weighted by Crippen LogP contribution is -2.70. The van der Waals surface area contributed by atoms with E-state index in [0.717, 1.165) is 18.4 Å². The molecule has 3 saturated carbocycles. The largest absolute Gasteiger partial charge is 0.472 e. The van der Waals surface area contributed by atoms with E-state index in [1.54, 1.807) is 18.6 Å². The highest BCUT2D eigenvalue weighted by Gasteiger charge is 2.89. The third kappa shape index (κ3) is 2.26. The van der Waals surface area contributed by atoms with Crippen LogP contribution < -0.4 is 0 Å². The van der Waals surface area contributed by atoms with Crippen LogP contribution in [-0.4, -0.2) is 40.8 Å². The predicted octanol–water partition coefficient (Wildman–Crippen LogP) is 4.42. The molecular weight excluding hydrogens is 432 g/mol. The average Bonchev–Trinajstić information content (AvgIpc) is 3.24. The minimum atomic E-state index is -0.651. The molecule has 1 spiro atoms. The highest BCUT2D eigenvalue weighted by atomic mass is 16.6. The van der Waals surface area contributed by atoms with Crippen molar-refractivity contribution in [1.29, 1.82) is 0 Å². The van der Waals surface area contributed by atoms with Crippen LogP contribution in [0.4, 0.5) is 0 Å². The van der Waals surface area contributed by atoms with Crippen molar-refractivity contribution in [3.63, 3.8) is 0 Å². The Hall–Kier alpha value is -1.92. The van der Waals surface area contributed by atoms with Crippen LogP contribution in [0, 0.1) is 33.5 Å². The highest BCUT2D eigenvalue weighted by molar-refractivity contribution is 5.95. The standard InChI is InChI=1S/C28H36O6/c1-15(29)33-20-13-18-24(2,3)19(30)8-10-25(18,4)17-7-11-26(5)21(16-9-12-32-14-16)22(31)23-28(26,34-23)27(17,20)6/h8-10,12,14,17-18,20-23,31H,7,11,13H2,1-6H3/t17?,18?,20-,21-,22+,23+,25+,26+,27-,28+/m0/s1. The molecule has 1 aliphatic heterocycles. The SMILES string of the molecule is CC(=O)O[C@H]1CC2C(C)(C)C(=O)C=C[C@]2(C)C2CC[C@]3(C)[C@@H](c4ccoc4)[C@@H](O)[C@H]4O[C@]43[C@@]21C. The second kappa shape index (κ2) is 6.44. The number of rotatable bonds is 2. The monoisotopic (exact) mass is 468 g/mol. The molecule has 1 aromatic heterocycles. The molecule has 4 aliphatic carbocycles. The topological polar surface area (TPSA) is 89.3 Å². The number of hydrogen-bond donors (Lipinski definition) is 1. The number of esters is 1. The molecule has 1 aromatic rings.